The van der Waals surface area contributed by atoms with Crippen LogP contribution in [0.5, 0.6) is 0 Å². The first-order chi connectivity index (χ1) is 46.5. The maximum atomic E-state index is 15.5. The van der Waals surface area contributed by atoms with Gasteiger partial charge in [-0.1, -0.05) is 91.0 Å². The smallest absolute Gasteiger partial charge is 0.242 e. The molecule has 1 aliphatic heterocycles. The van der Waals surface area contributed by atoms with E-state index in [1.807, 2.05) is 91.0 Å². The third-order valence-corrected chi connectivity index (χ3v) is 16.8. The number of benzene rings is 3. The van der Waals surface area contributed by atoms with Crippen LogP contribution in [0.25, 0.3) is 0 Å². The number of amides is 9. The number of rotatable bonds is 51. The fourth-order valence-corrected chi connectivity index (χ4v) is 11.1. The van der Waals surface area contributed by atoms with Crippen molar-refractivity contribution in [1.29, 1.82) is 0 Å². The molecule has 1 saturated heterocycles. The van der Waals surface area contributed by atoms with Gasteiger partial charge in [0.15, 0.2) is 0 Å². The normalized spacial score (nSPS) is 12.2. The van der Waals surface area contributed by atoms with E-state index in [2.05, 4.69) is 10.2 Å². The summed E-state index contributed by atoms with van der Waals surface area (Å²) in [5.41, 5.74) is 43.6. The van der Waals surface area contributed by atoms with Crippen molar-refractivity contribution >= 4 is 53.2 Å². The zero-order valence-corrected chi connectivity index (χ0v) is 56.9. The van der Waals surface area contributed by atoms with Crippen molar-refractivity contribution in [2.75, 3.05) is 183 Å². The third-order valence-electron chi connectivity index (χ3n) is 16.8. The molecule has 534 valence electrons. The second-order valence-electron chi connectivity index (χ2n) is 24.3. The molecule has 1 fully saturated rings. The van der Waals surface area contributed by atoms with Crippen LogP contribution in [0.3, 0.4) is 0 Å². The van der Waals surface area contributed by atoms with Crippen LogP contribution in [0, 0.1) is 0 Å². The molecule has 0 spiro atoms. The van der Waals surface area contributed by atoms with Crippen LogP contribution in [0.4, 0.5) is 0 Å². The number of primary amides is 1. The number of nitrogens with zero attached hydrogens (tertiary/aromatic N) is 9. The highest BCUT2D eigenvalue weighted by atomic mass is 16.5. The number of hydrogen-bond acceptors (Lipinski definition) is 18. The zero-order chi connectivity index (χ0) is 69.7. The molecule has 15 N–H and O–H groups in total. The third kappa shape index (κ3) is 31.6. The van der Waals surface area contributed by atoms with Gasteiger partial charge in [0.25, 0.3) is 0 Å². The van der Waals surface area contributed by atoms with E-state index >= 15 is 14.4 Å². The number of nitrogens with one attached hydrogen (secondary N) is 1. The largest absolute Gasteiger partial charge is 0.379 e. The van der Waals surface area contributed by atoms with Crippen LogP contribution in [0.15, 0.2) is 91.0 Å². The minimum absolute atomic E-state index is 0.0143. The highest BCUT2D eigenvalue weighted by Gasteiger charge is 2.33. The number of unbranched alkanes of at least 4 members (excludes halogenated alkanes) is 6. The van der Waals surface area contributed by atoms with E-state index in [4.69, 9.17) is 44.9 Å². The fraction of sp³-hybridized carbons (Fsp3) is 0.609. The summed E-state index contributed by atoms with van der Waals surface area (Å²) in [5, 5.41) is 3.16. The van der Waals surface area contributed by atoms with E-state index < -0.39 is 92.4 Å². The predicted octanol–water partition coefficient (Wildman–Crippen LogP) is -0.512. The molecule has 27 heteroatoms. The first-order valence-corrected chi connectivity index (χ1v) is 34.4. The van der Waals surface area contributed by atoms with Gasteiger partial charge in [0, 0.05) is 77.9 Å². The lowest BCUT2D eigenvalue weighted by Crippen LogP contribution is -2.53. The van der Waals surface area contributed by atoms with Crippen molar-refractivity contribution in [3.63, 3.8) is 0 Å². The van der Waals surface area contributed by atoms with Gasteiger partial charge >= 0.3 is 0 Å². The number of nitrogens with two attached hydrogens (primary N) is 7. The van der Waals surface area contributed by atoms with Crippen LogP contribution in [0.2, 0.25) is 0 Å². The Morgan fingerprint density at radius 1 is 0.385 bits per heavy atom. The van der Waals surface area contributed by atoms with Crippen LogP contribution >= 0.6 is 0 Å². The van der Waals surface area contributed by atoms with Gasteiger partial charge in [0.2, 0.25) is 53.2 Å². The molecule has 0 bridgehead atoms. The highest BCUT2D eigenvalue weighted by Crippen LogP contribution is 2.26. The lowest BCUT2D eigenvalue weighted by Gasteiger charge is -2.34. The molecule has 1 aliphatic rings. The Labute approximate surface area is 568 Å². The molecule has 1 heterocycles. The van der Waals surface area contributed by atoms with Crippen molar-refractivity contribution in [2.24, 2.45) is 40.1 Å². The molecular weight excluding hydrogens is 1230 g/mol. The maximum Gasteiger partial charge on any atom is 0.242 e. The number of morpholine rings is 1. The summed E-state index contributed by atoms with van der Waals surface area (Å²) in [4.78, 5) is 143. The van der Waals surface area contributed by atoms with E-state index in [1.165, 1.54) is 39.2 Å². The quantitative estimate of drug-likeness (QED) is 0.0330. The molecule has 96 heavy (non-hydrogen) atoms. The van der Waals surface area contributed by atoms with E-state index in [0.29, 0.717) is 143 Å². The van der Waals surface area contributed by atoms with Gasteiger partial charge in [0.05, 0.1) is 65.6 Å². The molecule has 0 saturated carbocycles. The topological polar surface area (TPSA) is 386 Å². The van der Waals surface area contributed by atoms with E-state index in [0.717, 1.165) is 29.5 Å². The van der Waals surface area contributed by atoms with Crippen LogP contribution in [-0.4, -0.2) is 281 Å². The Morgan fingerprint density at radius 3 is 1.07 bits per heavy atom. The average Bonchev–Trinajstić information content (AvgIpc) is 1.23. The molecule has 0 unspecified atom stereocenters. The van der Waals surface area contributed by atoms with Crippen LogP contribution in [0.1, 0.15) is 99.7 Å². The molecule has 3 aromatic rings. The molecule has 4 rings (SSSR count). The molecule has 27 nitrogen and oxygen atoms in total. The fourth-order valence-electron chi connectivity index (χ4n) is 11.1. The van der Waals surface area contributed by atoms with Crippen LogP contribution in [-0.2, 0) is 54.4 Å². The van der Waals surface area contributed by atoms with Gasteiger partial charge in [-0.25, -0.2) is 0 Å². The van der Waals surface area contributed by atoms with Gasteiger partial charge in [0.1, 0.15) is 6.54 Å². The number of carbonyl (C=O) groups is 9. The summed E-state index contributed by atoms with van der Waals surface area (Å²) < 4.78 is 5.48. The minimum Gasteiger partial charge on any atom is -0.379 e. The Morgan fingerprint density at radius 2 is 0.708 bits per heavy atom. The molecule has 0 aromatic heterocycles. The number of ether oxygens (including phenoxy) is 1. The summed E-state index contributed by atoms with van der Waals surface area (Å²) in [6.45, 7) is 2.84. The number of hydrogen-bond donors (Lipinski definition) is 8. The molecule has 3 aromatic carbocycles. The summed E-state index contributed by atoms with van der Waals surface area (Å²) in [6, 6.07) is 28.3. The standard InChI is InChI=1S/C69H113N17O10/c70-28-10-16-34-77-46-62(88)85(47-57-22-4-1-5-23-57)55-67(93)81(37-19-13-31-73)51-63(89)79(35-17-11-29-71)50-65(91)83(39-21-15-33-75)54-69(95)86(48-60(58-24-6-2-7-25-58)59-26-8-3-9-27-59)56-68(94)82(38-20-14-32-74)52-64(90)80(36-18-12-30-72)53-66(92)84(49-61(76)87)41-40-78-42-44-96-45-43-78/h1-9,22-27,60,77H,10-21,28-56,70-75H2,(H2,76,87). The molecule has 0 aliphatic carbocycles. The number of carbonyl (C=O) groups excluding carboxylic acids is 9. The highest BCUT2D eigenvalue weighted by molar-refractivity contribution is 5.94. The van der Waals surface area contributed by atoms with Crippen molar-refractivity contribution in [3.05, 3.63) is 108 Å². The van der Waals surface area contributed by atoms with E-state index in [-0.39, 0.29) is 77.9 Å². The molecule has 0 radical (unpaired) electrons. The second kappa shape index (κ2) is 48.3. The van der Waals surface area contributed by atoms with Gasteiger partial charge in [-0.05, 0) is 140 Å². The SMILES string of the molecule is NCCCCNCC(=O)N(CC(=O)N(CCCCN)CC(=O)N(CCCCN)CC(=O)N(CCCCN)CC(=O)N(CC(=O)N(CCCCN)CC(=O)N(CCCCN)CC(=O)N(CCN1CCOCC1)CC(N)=O)CC(c1ccccc1)c1ccccc1)Cc1ccccc1. The summed E-state index contributed by atoms with van der Waals surface area (Å²) in [6.07, 6.45) is 6.31. The monoisotopic (exact) mass is 1340 g/mol. The zero-order valence-electron chi connectivity index (χ0n) is 56.9. The lowest BCUT2D eigenvalue weighted by molar-refractivity contribution is -0.149. The lowest BCUT2D eigenvalue weighted by atomic mass is 9.90. The van der Waals surface area contributed by atoms with E-state index in [1.54, 1.807) is 0 Å². The first-order valence-electron chi connectivity index (χ1n) is 34.4. The van der Waals surface area contributed by atoms with Gasteiger partial charge in [-0.2, -0.15) is 0 Å². The van der Waals surface area contributed by atoms with Crippen molar-refractivity contribution in [3.8, 4) is 0 Å². The van der Waals surface area contributed by atoms with Crippen LogP contribution < -0.4 is 45.5 Å². The van der Waals surface area contributed by atoms with Gasteiger partial charge in [-0.15, -0.1) is 0 Å². The predicted molar refractivity (Wildman–Crippen MR) is 372 cm³/mol. The van der Waals surface area contributed by atoms with Gasteiger partial charge in [-0.3, -0.25) is 48.1 Å². The second-order valence-corrected chi connectivity index (χ2v) is 24.3. The average molecular weight is 1340 g/mol. The van der Waals surface area contributed by atoms with Crippen molar-refractivity contribution in [1.82, 2.24) is 49.4 Å². The summed E-state index contributed by atoms with van der Waals surface area (Å²) in [7, 11) is 0. The van der Waals surface area contributed by atoms with Gasteiger partial charge < -0.3 is 89.4 Å². The Balaban J connectivity index is 1.71. The van der Waals surface area contributed by atoms with E-state index in [9.17, 15) is 28.8 Å². The Kier molecular flexibility index (Phi) is 40.7. The molecule has 0 atom stereocenters. The first kappa shape index (κ1) is 81.0. The molecular formula is C69H113N17O10. The minimum atomic E-state index is -0.711. The summed E-state index contributed by atoms with van der Waals surface area (Å²) in [5.74, 6) is -5.26. The molecule has 9 amide bonds. The van der Waals surface area contributed by atoms with Crippen molar-refractivity contribution < 1.29 is 47.9 Å². The Hall–Kier alpha value is -7.47. The van der Waals surface area contributed by atoms with Crippen molar-refractivity contribution in [2.45, 2.75) is 89.5 Å². The summed E-state index contributed by atoms with van der Waals surface area (Å²) >= 11 is 0. The Bertz CT molecular complexity index is 2700. The maximum absolute atomic E-state index is 15.5.